The normalized spacial score (nSPS) is 12.6. The van der Waals surface area contributed by atoms with Crippen molar-refractivity contribution in [1.29, 1.82) is 5.26 Å². The molecule has 0 radical (unpaired) electrons. The standard InChI is InChI=1S/C26H48N4O/c1-6-8-10-11-12-13-14-15-16-17-18-19-20-25(28-3)24(22-27)26(29-23-30(4)5)31-21-9-7-2/h3,6-21,23H2,1-2,4-5H3/b25-24-,29-26+. The van der Waals surface area contributed by atoms with Crippen LogP contribution in [0.25, 0.3) is 0 Å². The lowest BCUT2D eigenvalue weighted by atomic mass is 10.0. The zero-order valence-corrected chi connectivity index (χ0v) is 20.9. The fourth-order valence-electron chi connectivity index (χ4n) is 3.37. The van der Waals surface area contributed by atoms with E-state index in [9.17, 15) is 5.26 Å². The van der Waals surface area contributed by atoms with E-state index in [-0.39, 0.29) is 0 Å². The molecule has 0 aliphatic carbocycles. The molecular weight excluding hydrogens is 384 g/mol. The Morgan fingerprint density at radius 1 is 0.839 bits per heavy atom. The number of aliphatic imine (C=N–C) groups is 2. The van der Waals surface area contributed by atoms with Gasteiger partial charge in [0.05, 0.1) is 19.0 Å². The second-order valence-electron chi connectivity index (χ2n) is 8.62. The van der Waals surface area contributed by atoms with Crippen LogP contribution in [-0.4, -0.2) is 44.9 Å². The van der Waals surface area contributed by atoms with Gasteiger partial charge in [0.25, 0.3) is 0 Å². The summed E-state index contributed by atoms with van der Waals surface area (Å²) in [6.45, 7) is 9.13. The lowest BCUT2D eigenvalue weighted by Crippen LogP contribution is -2.17. The summed E-state index contributed by atoms with van der Waals surface area (Å²) in [5.74, 6) is 0.408. The monoisotopic (exact) mass is 432 g/mol. The van der Waals surface area contributed by atoms with Gasteiger partial charge >= 0.3 is 0 Å². The fourth-order valence-corrected chi connectivity index (χ4v) is 3.37. The zero-order chi connectivity index (χ0) is 23.2. The van der Waals surface area contributed by atoms with Crippen LogP contribution in [0.1, 0.15) is 110 Å². The maximum absolute atomic E-state index is 9.74. The Bertz CT molecular complexity index is 546. The predicted molar refractivity (Wildman–Crippen MR) is 135 cm³/mol. The molecule has 0 aromatic heterocycles. The van der Waals surface area contributed by atoms with Crippen molar-refractivity contribution in [3.63, 3.8) is 0 Å². The second kappa shape index (κ2) is 21.6. The fraction of sp³-hybridized carbons (Fsp3) is 0.808. The van der Waals surface area contributed by atoms with Gasteiger partial charge in [-0.25, -0.2) is 4.99 Å². The van der Waals surface area contributed by atoms with E-state index < -0.39 is 0 Å². The van der Waals surface area contributed by atoms with Gasteiger partial charge in [-0.05, 0) is 40.1 Å². The van der Waals surface area contributed by atoms with E-state index in [1.165, 1.54) is 64.2 Å². The van der Waals surface area contributed by atoms with E-state index in [1.807, 2.05) is 19.0 Å². The third kappa shape index (κ3) is 16.7. The minimum Gasteiger partial charge on any atom is -0.477 e. The van der Waals surface area contributed by atoms with Gasteiger partial charge in [0, 0.05) is 0 Å². The smallest absolute Gasteiger partial charge is 0.230 e. The number of allylic oxidation sites excluding steroid dienone is 1. The van der Waals surface area contributed by atoms with Crippen molar-refractivity contribution < 1.29 is 4.74 Å². The molecule has 0 bridgehead atoms. The highest BCUT2D eigenvalue weighted by Crippen LogP contribution is 2.18. The first-order valence-corrected chi connectivity index (χ1v) is 12.5. The van der Waals surface area contributed by atoms with E-state index in [1.54, 1.807) is 0 Å². The van der Waals surface area contributed by atoms with Gasteiger partial charge in [0.1, 0.15) is 11.6 Å². The van der Waals surface area contributed by atoms with Crippen LogP contribution in [0.2, 0.25) is 0 Å². The van der Waals surface area contributed by atoms with Gasteiger partial charge in [-0.1, -0.05) is 90.9 Å². The van der Waals surface area contributed by atoms with Crippen LogP contribution in [-0.2, 0) is 4.74 Å². The maximum atomic E-state index is 9.74. The Hall–Kier alpha value is -1.67. The van der Waals surface area contributed by atoms with Crippen LogP contribution in [0.15, 0.2) is 21.3 Å². The molecule has 0 aliphatic heterocycles. The summed E-state index contributed by atoms with van der Waals surface area (Å²) < 4.78 is 5.84. The lowest BCUT2D eigenvalue weighted by Gasteiger charge is -2.13. The summed E-state index contributed by atoms with van der Waals surface area (Å²) in [4.78, 5) is 10.6. The third-order valence-electron chi connectivity index (χ3n) is 5.31. The Morgan fingerprint density at radius 2 is 1.35 bits per heavy atom. The topological polar surface area (TPSA) is 61.0 Å². The van der Waals surface area contributed by atoms with Crippen LogP contribution in [0, 0.1) is 11.3 Å². The molecular formula is C26H48N4O. The molecule has 0 aromatic rings. The zero-order valence-electron chi connectivity index (χ0n) is 20.9. The molecule has 0 aromatic carbocycles. The molecule has 0 rings (SSSR count). The summed E-state index contributed by atoms with van der Waals surface area (Å²) in [5.41, 5.74) is 1.15. The summed E-state index contributed by atoms with van der Waals surface area (Å²) in [6, 6.07) is 2.27. The third-order valence-corrected chi connectivity index (χ3v) is 5.31. The van der Waals surface area contributed by atoms with E-state index in [4.69, 9.17) is 4.74 Å². The maximum Gasteiger partial charge on any atom is 0.230 e. The van der Waals surface area contributed by atoms with Gasteiger partial charge in [-0.2, -0.15) is 5.26 Å². The predicted octanol–water partition coefficient (Wildman–Crippen LogP) is 7.29. The summed E-state index contributed by atoms with van der Waals surface area (Å²) in [7, 11) is 3.89. The number of hydrogen-bond donors (Lipinski definition) is 0. The highest BCUT2D eigenvalue weighted by molar-refractivity contribution is 5.98. The molecule has 0 heterocycles. The molecule has 0 N–H and O–H groups in total. The molecule has 5 heteroatoms. The average Bonchev–Trinajstić information content (AvgIpc) is 2.76. The van der Waals surface area contributed by atoms with Crippen molar-refractivity contribution in [2.24, 2.45) is 9.98 Å². The average molecular weight is 433 g/mol. The Labute approximate surface area is 192 Å². The van der Waals surface area contributed by atoms with Crippen molar-refractivity contribution in [1.82, 2.24) is 4.90 Å². The Balaban J connectivity index is 4.42. The number of unbranched alkanes of at least 4 members (excludes halogenated alkanes) is 12. The summed E-state index contributed by atoms with van der Waals surface area (Å²) >= 11 is 0. The Kier molecular flexibility index (Phi) is 20.4. The summed E-state index contributed by atoms with van der Waals surface area (Å²) in [5, 5.41) is 9.74. The number of nitrogens with zero attached hydrogens (tertiary/aromatic N) is 4. The van der Waals surface area contributed by atoms with Gasteiger partial charge in [-0.3, -0.25) is 9.89 Å². The quantitative estimate of drug-likeness (QED) is 0.0878. The molecule has 0 atom stereocenters. The van der Waals surface area contributed by atoms with E-state index in [2.05, 4.69) is 36.6 Å². The minimum atomic E-state index is 0.408. The number of nitriles is 1. The first-order valence-electron chi connectivity index (χ1n) is 12.5. The van der Waals surface area contributed by atoms with Crippen molar-refractivity contribution in [2.75, 3.05) is 27.4 Å². The van der Waals surface area contributed by atoms with Crippen molar-refractivity contribution in [2.45, 2.75) is 110 Å². The van der Waals surface area contributed by atoms with E-state index in [0.29, 0.717) is 30.4 Å². The van der Waals surface area contributed by atoms with Gasteiger partial charge in [0.15, 0.2) is 0 Å². The largest absolute Gasteiger partial charge is 0.477 e. The van der Waals surface area contributed by atoms with Crippen molar-refractivity contribution >= 4 is 12.6 Å². The van der Waals surface area contributed by atoms with Gasteiger partial charge < -0.3 is 4.74 Å². The molecule has 0 fully saturated rings. The lowest BCUT2D eigenvalue weighted by molar-refractivity contribution is 0.292. The van der Waals surface area contributed by atoms with Crippen LogP contribution in [0.3, 0.4) is 0 Å². The highest BCUT2D eigenvalue weighted by atomic mass is 16.5. The molecule has 0 amide bonds. The highest BCUT2D eigenvalue weighted by Gasteiger charge is 2.14. The van der Waals surface area contributed by atoms with Crippen LogP contribution in [0.5, 0.6) is 0 Å². The first-order chi connectivity index (χ1) is 15.1. The Morgan fingerprint density at radius 3 is 1.81 bits per heavy atom. The molecule has 31 heavy (non-hydrogen) atoms. The number of ether oxygens (including phenoxy) is 1. The van der Waals surface area contributed by atoms with Crippen LogP contribution in [0.4, 0.5) is 0 Å². The molecule has 178 valence electrons. The molecule has 5 nitrogen and oxygen atoms in total. The van der Waals surface area contributed by atoms with E-state index in [0.717, 1.165) is 32.1 Å². The van der Waals surface area contributed by atoms with Gasteiger partial charge in [0.2, 0.25) is 5.90 Å². The minimum absolute atomic E-state index is 0.408. The van der Waals surface area contributed by atoms with Crippen molar-refractivity contribution in [3.8, 4) is 6.07 Å². The summed E-state index contributed by atoms with van der Waals surface area (Å²) in [6.07, 6.45) is 18.5. The molecule has 0 saturated carbocycles. The number of rotatable bonds is 20. The van der Waals surface area contributed by atoms with Gasteiger partial charge in [-0.15, -0.1) is 0 Å². The van der Waals surface area contributed by atoms with Crippen molar-refractivity contribution in [3.05, 3.63) is 11.3 Å². The number of hydrogen-bond acceptors (Lipinski definition) is 5. The molecule has 0 saturated heterocycles. The van der Waals surface area contributed by atoms with Crippen LogP contribution < -0.4 is 0 Å². The van der Waals surface area contributed by atoms with E-state index >= 15 is 0 Å². The van der Waals surface area contributed by atoms with Crippen LogP contribution >= 0.6 is 0 Å². The second-order valence-corrected chi connectivity index (χ2v) is 8.62. The molecule has 0 unspecified atom stereocenters. The molecule has 0 spiro atoms. The SMILES string of the molecule is C=N/C(CCCCCCCCCCCCCC)=C(C#N)\C(=N/CN(C)C)OCCCC. The first kappa shape index (κ1) is 29.3. The molecule has 0 aliphatic rings.